The summed E-state index contributed by atoms with van der Waals surface area (Å²) in [5.74, 6) is -0.175. The zero-order valence-electron chi connectivity index (χ0n) is 19.4. The van der Waals surface area contributed by atoms with Gasteiger partial charge >= 0.3 is 7.40 Å². The lowest BCUT2D eigenvalue weighted by Gasteiger charge is -2.13. The first-order chi connectivity index (χ1) is 18.0. The highest BCUT2D eigenvalue weighted by atomic mass is 32.3. The molecule has 4 heterocycles. The van der Waals surface area contributed by atoms with Crippen LogP contribution in [0.25, 0.3) is 5.57 Å². The number of carbonyl (C=O) groups excluding carboxylic acids is 1. The van der Waals surface area contributed by atoms with E-state index in [9.17, 15) is 13.4 Å². The molecule has 188 valence electrons. The molecule has 0 atom stereocenters. The van der Waals surface area contributed by atoms with Crippen molar-refractivity contribution < 1.29 is 13.4 Å². The Bertz CT molecular complexity index is 1390. The lowest BCUT2D eigenvalue weighted by atomic mass is 9.98. The van der Waals surface area contributed by atoms with Crippen LogP contribution >= 0.6 is 70.6 Å². The zero-order valence-corrected chi connectivity index (χ0v) is 24.3. The van der Waals surface area contributed by atoms with Crippen molar-refractivity contribution in [2.24, 2.45) is 4.99 Å². The molecule has 0 bridgehead atoms. The second kappa shape index (κ2) is 12.0. The molecule has 1 aromatic carbocycles. The smallest absolute Gasteiger partial charge is 0.332 e. The van der Waals surface area contributed by atoms with Gasteiger partial charge in [-0.2, -0.15) is 0 Å². The van der Waals surface area contributed by atoms with E-state index in [0.29, 0.717) is 27.6 Å². The van der Waals surface area contributed by atoms with Crippen molar-refractivity contribution in [1.82, 2.24) is 4.48 Å². The van der Waals surface area contributed by atoms with Crippen LogP contribution < -0.4 is 5.32 Å². The van der Waals surface area contributed by atoms with E-state index < -0.39 is 7.40 Å². The SMILES string of the molecule is CSC1=C(SC)SC(=C2SC=C(C(=O)Nc3ccc(/C(=C4\C=CC=N4)c4cccn4B(F)F)cc3)S2)S1. The highest BCUT2D eigenvalue weighted by Gasteiger charge is 2.28. The van der Waals surface area contributed by atoms with Crippen LogP contribution in [0.4, 0.5) is 14.3 Å². The van der Waals surface area contributed by atoms with Gasteiger partial charge in [0.1, 0.15) is 0 Å². The maximum absolute atomic E-state index is 13.6. The minimum absolute atomic E-state index is 0.175. The molecule has 0 saturated heterocycles. The summed E-state index contributed by atoms with van der Waals surface area (Å²) >= 11 is 10.1. The van der Waals surface area contributed by atoms with E-state index in [0.717, 1.165) is 14.3 Å². The van der Waals surface area contributed by atoms with Crippen molar-refractivity contribution in [3.63, 3.8) is 0 Å². The number of amides is 1. The van der Waals surface area contributed by atoms with Crippen LogP contribution in [0.2, 0.25) is 0 Å². The summed E-state index contributed by atoms with van der Waals surface area (Å²) in [5.41, 5.74) is 2.94. The monoisotopic (exact) mass is 605 g/mol. The number of anilines is 1. The number of rotatable bonds is 7. The lowest BCUT2D eigenvalue weighted by Crippen LogP contribution is -2.15. The van der Waals surface area contributed by atoms with Crippen LogP contribution in [0.3, 0.4) is 0 Å². The summed E-state index contributed by atoms with van der Waals surface area (Å²) in [6.07, 6.45) is 10.7. The number of carbonyl (C=O) groups is 1. The fraction of sp³-hybridized carbons (Fsp3) is 0.0833. The Morgan fingerprint density at radius 2 is 1.76 bits per heavy atom. The van der Waals surface area contributed by atoms with Gasteiger partial charge < -0.3 is 9.79 Å². The van der Waals surface area contributed by atoms with Crippen LogP contribution in [0.5, 0.6) is 0 Å². The molecular formula is C24H18BF2N3OS6. The van der Waals surface area contributed by atoms with Crippen molar-refractivity contribution in [3.05, 3.63) is 99.0 Å². The average Bonchev–Trinajstić information content (AvgIpc) is 3.71. The van der Waals surface area contributed by atoms with Crippen LogP contribution in [0, 0.1) is 0 Å². The molecule has 0 spiro atoms. The Morgan fingerprint density at radius 3 is 2.38 bits per heavy atom. The summed E-state index contributed by atoms with van der Waals surface area (Å²) in [7, 11) is -2.67. The van der Waals surface area contributed by atoms with E-state index in [1.165, 1.54) is 30.7 Å². The first kappa shape index (κ1) is 27.0. The van der Waals surface area contributed by atoms with Gasteiger partial charge in [-0.15, -0.1) is 23.5 Å². The number of aromatic nitrogens is 1. The van der Waals surface area contributed by atoms with Gasteiger partial charge in [0.15, 0.2) is 0 Å². The van der Waals surface area contributed by atoms with Crippen molar-refractivity contribution in [3.8, 4) is 0 Å². The first-order valence-corrected chi connectivity index (χ1v) is 16.6. The first-order valence-electron chi connectivity index (χ1n) is 10.8. The molecule has 0 aliphatic carbocycles. The summed E-state index contributed by atoms with van der Waals surface area (Å²) in [6.45, 7) is 0. The molecule has 1 N–H and O–H groups in total. The molecule has 0 fully saturated rings. The van der Waals surface area contributed by atoms with Crippen molar-refractivity contribution in [2.45, 2.75) is 0 Å². The minimum Gasteiger partial charge on any atom is -0.332 e. The molecule has 13 heteroatoms. The number of thioether (sulfide) groups is 6. The lowest BCUT2D eigenvalue weighted by molar-refractivity contribution is -0.112. The van der Waals surface area contributed by atoms with E-state index in [2.05, 4.69) is 22.8 Å². The van der Waals surface area contributed by atoms with Gasteiger partial charge in [0.05, 0.1) is 27.6 Å². The molecule has 0 saturated carbocycles. The molecule has 0 radical (unpaired) electrons. The highest BCUT2D eigenvalue weighted by molar-refractivity contribution is 8.42. The summed E-state index contributed by atoms with van der Waals surface area (Å²) in [6, 6.07) is 10.4. The Morgan fingerprint density at radius 1 is 1.03 bits per heavy atom. The van der Waals surface area contributed by atoms with E-state index in [-0.39, 0.29) is 5.91 Å². The maximum Gasteiger partial charge on any atom is 0.677 e. The zero-order chi connectivity index (χ0) is 25.9. The second-order valence-electron chi connectivity index (χ2n) is 7.47. The van der Waals surface area contributed by atoms with Crippen molar-refractivity contribution in [2.75, 3.05) is 17.8 Å². The number of hydrogen-bond donors (Lipinski definition) is 1. The van der Waals surface area contributed by atoms with E-state index >= 15 is 0 Å². The topological polar surface area (TPSA) is 46.4 Å². The molecule has 3 aliphatic heterocycles. The van der Waals surface area contributed by atoms with Gasteiger partial charge in [-0.25, -0.2) is 0 Å². The Kier molecular flexibility index (Phi) is 8.77. The van der Waals surface area contributed by atoms with Gasteiger partial charge in [-0.3, -0.25) is 18.4 Å². The number of nitrogens with zero attached hydrogens (tertiary/aromatic N) is 2. The van der Waals surface area contributed by atoms with Gasteiger partial charge in [0.25, 0.3) is 5.91 Å². The molecular weight excluding hydrogens is 587 g/mol. The standard InChI is InChI=1S/C24H18BF2N3OS6/c1-32-21-22(33-2)37-24(36-21)23-34-13-18(35-23)20(31)29-15-9-7-14(8-10-15)19(16-5-3-11-28-16)17-6-4-12-30(17)25(26)27/h3-13H,1-2H3,(H,29,31)/b19-16-. The fourth-order valence-electron chi connectivity index (χ4n) is 3.61. The number of nitrogens with one attached hydrogen (secondary N) is 1. The van der Waals surface area contributed by atoms with Crippen molar-refractivity contribution >= 4 is 101 Å². The quantitative estimate of drug-likeness (QED) is 0.318. The second-order valence-corrected chi connectivity index (χ2v) is 14.1. The van der Waals surface area contributed by atoms with Gasteiger partial charge in [0.2, 0.25) is 0 Å². The molecule has 37 heavy (non-hydrogen) atoms. The minimum atomic E-state index is -2.67. The fourth-order valence-corrected chi connectivity index (χ4v) is 11.1. The summed E-state index contributed by atoms with van der Waals surface area (Å²) < 4.78 is 33.1. The maximum atomic E-state index is 13.6. The molecule has 5 rings (SSSR count). The predicted molar refractivity (Wildman–Crippen MR) is 166 cm³/mol. The van der Waals surface area contributed by atoms with E-state index in [1.54, 1.807) is 101 Å². The Labute approximate surface area is 239 Å². The van der Waals surface area contributed by atoms with E-state index in [1.807, 2.05) is 17.5 Å². The number of hydrogen-bond acceptors (Lipinski definition) is 8. The van der Waals surface area contributed by atoms with E-state index in [4.69, 9.17) is 0 Å². The van der Waals surface area contributed by atoms with Crippen LogP contribution in [0.1, 0.15) is 11.3 Å². The largest absolute Gasteiger partial charge is 0.677 e. The molecule has 1 amide bonds. The number of aliphatic imine (C=N–C) groups is 1. The predicted octanol–water partition coefficient (Wildman–Crippen LogP) is 8.38. The third-order valence-corrected chi connectivity index (χ3v) is 13.4. The summed E-state index contributed by atoms with van der Waals surface area (Å²) in [5, 5.41) is 4.84. The summed E-state index contributed by atoms with van der Waals surface area (Å²) in [4.78, 5) is 17.9. The molecule has 3 aliphatic rings. The van der Waals surface area contributed by atoms with Crippen LogP contribution in [0.15, 0.2) is 92.7 Å². The van der Waals surface area contributed by atoms with Crippen molar-refractivity contribution in [1.29, 1.82) is 0 Å². The van der Waals surface area contributed by atoms with Crippen LogP contribution in [-0.2, 0) is 4.79 Å². The third-order valence-electron chi connectivity index (χ3n) is 5.26. The average molecular weight is 606 g/mol. The van der Waals surface area contributed by atoms with Gasteiger partial charge in [-0.1, -0.05) is 59.2 Å². The van der Waals surface area contributed by atoms with Gasteiger partial charge in [-0.05, 0) is 66.1 Å². The van der Waals surface area contributed by atoms with Gasteiger partial charge in [0, 0.05) is 23.2 Å². The Hall–Kier alpha value is -1.64. The molecule has 1 aromatic heterocycles. The Balaban J connectivity index is 1.30. The number of allylic oxidation sites excluding steroid dienone is 2. The number of benzene rings is 1. The molecule has 4 nitrogen and oxygen atoms in total. The molecule has 0 unspecified atom stereocenters. The highest BCUT2D eigenvalue weighted by Crippen LogP contribution is 2.61. The van der Waals surface area contributed by atoms with Crippen LogP contribution in [-0.4, -0.2) is 36.5 Å². The normalized spacial score (nSPS) is 18.2. The third kappa shape index (κ3) is 5.86. The number of halogens is 2. The molecule has 2 aromatic rings.